The second-order valence-electron chi connectivity index (χ2n) is 8.23. The Labute approximate surface area is 192 Å². The minimum Gasteiger partial charge on any atom is -0.353 e. The number of carbonyl (C=O) groups excluding carboxylic acids is 1. The lowest BCUT2D eigenvalue weighted by atomic mass is 10.1. The summed E-state index contributed by atoms with van der Waals surface area (Å²) in [6.07, 6.45) is 2.23. The van der Waals surface area contributed by atoms with Gasteiger partial charge in [-0.1, -0.05) is 54.1 Å². The second kappa shape index (κ2) is 8.39. The van der Waals surface area contributed by atoms with Crippen molar-refractivity contribution >= 4 is 44.0 Å². The third-order valence-electron chi connectivity index (χ3n) is 6.31. The van der Waals surface area contributed by atoms with Crippen molar-refractivity contribution in [2.24, 2.45) is 0 Å². The Balaban J connectivity index is 1.36. The Morgan fingerprint density at radius 3 is 2.47 bits per heavy atom. The molecule has 0 aliphatic carbocycles. The predicted octanol–water partition coefficient (Wildman–Crippen LogP) is 3.96. The van der Waals surface area contributed by atoms with Crippen LogP contribution in [0.25, 0.3) is 10.8 Å². The van der Waals surface area contributed by atoms with Gasteiger partial charge in [0.15, 0.2) is 0 Å². The van der Waals surface area contributed by atoms with Gasteiger partial charge in [-0.3, -0.25) is 14.0 Å². The summed E-state index contributed by atoms with van der Waals surface area (Å²) >= 11 is 6.46. The van der Waals surface area contributed by atoms with Gasteiger partial charge < -0.3 is 5.32 Å². The van der Waals surface area contributed by atoms with Crippen LogP contribution in [0.1, 0.15) is 24.4 Å². The minimum atomic E-state index is -3.77. The molecule has 1 unspecified atom stereocenters. The van der Waals surface area contributed by atoms with Crippen LogP contribution < -0.4 is 9.62 Å². The van der Waals surface area contributed by atoms with Gasteiger partial charge in [0.25, 0.3) is 10.0 Å². The van der Waals surface area contributed by atoms with Gasteiger partial charge in [0.1, 0.15) is 6.54 Å². The Kier molecular flexibility index (Phi) is 5.57. The highest BCUT2D eigenvalue weighted by Gasteiger charge is 2.36. The fourth-order valence-electron chi connectivity index (χ4n) is 4.76. The number of nitrogens with one attached hydrogen (secondary N) is 1. The Hall–Kier alpha value is -2.61. The molecule has 3 aromatic carbocycles. The maximum atomic E-state index is 13.1. The van der Waals surface area contributed by atoms with Crippen molar-refractivity contribution in [2.75, 3.05) is 30.5 Å². The van der Waals surface area contributed by atoms with Crippen LogP contribution in [0.2, 0.25) is 5.02 Å². The minimum absolute atomic E-state index is 0.0500. The number of amides is 1. The number of halogens is 1. The Bertz CT molecular complexity index is 1280. The topological polar surface area (TPSA) is 69.7 Å². The molecule has 5 rings (SSSR count). The van der Waals surface area contributed by atoms with E-state index in [2.05, 4.69) is 10.2 Å². The van der Waals surface area contributed by atoms with Crippen molar-refractivity contribution < 1.29 is 13.2 Å². The fourth-order valence-corrected chi connectivity index (χ4v) is 6.69. The molecule has 8 heteroatoms. The number of carbonyl (C=O) groups is 1. The first-order chi connectivity index (χ1) is 15.5. The number of rotatable bonds is 6. The van der Waals surface area contributed by atoms with Crippen molar-refractivity contribution in [3.8, 4) is 0 Å². The fraction of sp³-hybridized carbons (Fsp3) is 0.292. The van der Waals surface area contributed by atoms with Gasteiger partial charge in [-0.2, -0.15) is 0 Å². The normalized spacial score (nSPS) is 18.2. The van der Waals surface area contributed by atoms with Gasteiger partial charge in [-0.25, -0.2) is 8.42 Å². The summed E-state index contributed by atoms with van der Waals surface area (Å²) in [6, 6.07) is 18.3. The van der Waals surface area contributed by atoms with E-state index in [-0.39, 0.29) is 23.4 Å². The van der Waals surface area contributed by atoms with Crippen LogP contribution in [-0.4, -0.2) is 45.4 Å². The zero-order valence-corrected chi connectivity index (χ0v) is 19.1. The van der Waals surface area contributed by atoms with E-state index in [4.69, 9.17) is 11.6 Å². The molecule has 6 nitrogen and oxygen atoms in total. The van der Waals surface area contributed by atoms with Gasteiger partial charge in [0, 0.05) is 17.0 Å². The van der Waals surface area contributed by atoms with E-state index < -0.39 is 10.0 Å². The molecule has 1 saturated heterocycles. The molecule has 0 radical (unpaired) electrons. The van der Waals surface area contributed by atoms with Gasteiger partial charge >= 0.3 is 0 Å². The molecule has 0 spiro atoms. The van der Waals surface area contributed by atoms with Crippen LogP contribution in [0.4, 0.5) is 5.69 Å². The second-order valence-corrected chi connectivity index (χ2v) is 10.5. The summed E-state index contributed by atoms with van der Waals surface area (Å²) in [7, 11) is -3.77. The third kappa shape index (κ3) is 3.64. The SMILES string of the molecule is O=C(CN1c2cccc3cccc(c23)S1(=O)=O)NCC(c1ccccc1Cl)N1CCCC1. The van der Waals surface area contributed by atoms with Crippen LogP contribution in [0, 0.1) is 0 Å². The summed E-state index contributed by atoms with van der Waals surface area (Å²) in [5, 5.41) is 5.15. The van der Waals surface area contributed by atoms with Gasteiger partial charge in [0.2, 0.25) is 5.91 Å². The average Bonchev–Trinajstić information content (AvgIpc) is 3.39. The molecule has 0 saturated carbocycles. The smallest absolute Gasteiger partial charge is 0.265 e. The number of hydrogen-bond acceptors (Lipinski definition) is 4. The maximum absolute atomic E-state index is 13.1. The highest BCUT2D eigenvalue weighted by molar-refractivity contribution is 7.93. The van der Waals surface area contributed by atoms with E-state index in [1.807, 2.05) is 42.5 Å². The van der Waals surface area contributed by atoms with Gasteiger partial charge in [0.05, 0.1) is 16.6 Å². The van der Waals surface area contributed by atoms with E-state index in [0.29, 0.717) is 22.6 Å². The quantitative estimate of drug-likeness (QED) is 0.593. The molecule has 32 heavy (non-hydrogen) atoms. The van der Waals surface area contributed by atoms with Gasteiger partial charge in [-0.05, 0) is 55.1 Å². The van der Waals surface area contributed by atoms with Crippen molar-refractivity contribution in [1.82, 2.24) is 10.2 Å². The van der Waals surface area contributed by atoms with E-state index >= 15 is 0 Å². The third-order valence-corrected chi connectivity index (χ3v) is 8.45. The highest BCUT2D eigenvalue weighted by atomic mass is 35.5. The van der Waals surface area contributed by atoms with Crippen molar-refractivity contribution in [1.29, 1.82) is 0 Å². The van der Waals surface area contributed by atoms with Gasteiger partial charge in [-0.15, -0.1) is 0 Å². The Morgan fingerprint density at radius 2 is 1.72 bits per heavy atom. The van der Waals surface area contributed by atoms with Crippen LogP contribution in [0.3, 0.4) is 0 Å². The van der Waals surface area contributed by atoms with Crippen LogP contribution in [-0.2, 0) is 14.8 Å². The largest absolute Gasteiger partial charge is 0.353 e. The number of anilines is 1. The average molecular weight is 470 g/mol. The lowest BCUT2D eigenvalue weighted by Gasteiger charge is -2.29. The molecular weight excluding hydrogens is 446 g/mol. The maximum Gasteiger partial charge on any atom is 0.265 e. The highest BCUT2D eigenvalue weighted by Crippen LogP contribution is 2.41. The predicted molar refractivity (Wildman–Crippen MR) is 126 cm³/mol. The zero-order valence-electron chi connectivity index (χ0n) is 17.5. The summed E-state index contributed by atoms with van der Waals surface area (Å²) in [4.78, 5) is 15.5. The van der Waals surface area contributed by atoms with Crippen LogP contribution in [0.15, 0.2) is 65.6 Å². The molecule has 0 aromatic heterocycles. The summed E-state index contributed by atoms with van der Waals surface area (Å²) in [5.41, 5.74) is 1.53. The number of sulfonamides is 1. The van der Waals surface area contributed by atoms with E-state index in [1.165, 1.54) is 4.31 Å². The standard InChI is InChI=1S/C24H24ClN3O3S/c25-19-10-2-1-9-18(19)21(27-13-3-4-14-27)15-26-23(29)16-28-20-11-5-7-17-8-6-12-22(24(17)20)32(28,30)31/h1-2,5-12,21H,3-4,13-16H2,(H,26,29). The molecule has 2 aliphatic heterocycles. The lowest BCUT2D eigenvalue weighted by molar-refractivity contribution is -0.119. The summed E-state index contributed by atoms with van der Waals surface area (Å²) in [5.74, 6) is -0.338. The molecular formula is C24H24ClN3O3S. The number of likely N-dealkylation sites (tertiary alicyclic amines) is 1. The molecule has 3 aromatic rings. The summed E-state index contributed by atoms with van der Waals surface area (Å²) in [6.45, 7) is 2.01. The molecule has 2 aliphatic rings. The van der Waals surface area contributed by atoms with E-state index in [0.717, 1.165) is 36.9 Å². The molecule has 1 atom stereocenters. The van der Waals surface area contributed by atoms with Crippen molar-refractivity contribution in [3.05, 3.63) is 71.2 Å². The summed E-state index contributed by atoms with van der Waals surface area (Å²) < 4.78 is 27.5. The first-order valence-electron chi connectivity index (χ1n) is 10.8. The Morgan fingerprint density at radius 1 is 1.00 bits per heavy atom. The zero-order chi connectivity index (χ0) is 22.3. The van der Waals surface area contributed by atoms with Crippen molar-refractivity contribution in [2.45, 2.75) is 23.8 Å². The molecule has 1 amide bonds. The van der Waals surface area contributed by atoms with Crippen molar-refractivity contribution in [3.63, 3.8) is 0 Å². The molecule has 2 heterocycles. The lowest BCUT2D eigenvalue weighted by Crippen LogP contribution is -2.42. The monoisotopic (exact) mass is 469 g/mol. The van der Waals surface area contributed by atoms with E-state index in [9.17, 15) is 13.2 Å². The van der Waals surface area contributed by atoms with E-state index in [1.54, 1.807) is 18.2 Å². The van der Waals surface area contributed by atoms with Crippen LogP contribution >= 0.6 is 11.6 Å². The molecule has 1 N–H and O–H groups in total. The number of benzene rings is 3. The molecule has 166 valence electrons. The first-order valence-corrected chi connectivity index (χ1v) is 12.6. The molecule has 0 bridgehead atoms. The molecule has 1 fully saturated rings. The number of nitrogens with zero attached hydrogens (tertiary/aromatic N) is 2. The number of hydrogen-bond donors (Lipinski definition) is 1. The first kappa shape index (κ1) is 21.2. The van der Waals surface area contributed by atoms with Crippen LogP contribution in [0.5, 0.6) is 0 Å².